The first-order valence-electron chi connectivity index (χ1n) is 7.74. The molecule has 0 aromatic heterocycles. The molecule has 1 heterocycles. The van der Waals surface area contributed by atoms with Crippen LogP contribution in [0.4, 0.5) is 0 Å². The second-order valence-corrected chi connectivity index (χ2v) is 6.56. The fourth-order valence-corrected chi connectivity index (χ4v) is 3.13. The van der Waals surface area contributed by atoms with Gasteiger partial charge in [0.1, 0.15) is 0 Å². The molecule has 3 fully saturated rings. The van der Waals surface area contributed by atoms with Crippen LogP contribution in [0.5, 0.6) is 0 Å². The molecule has 0 bridgehead atoms. The van der Waals surface area contributed by atoms with E-state index in [2.05, 4.69) is 12.2 Å². The highest BCUT2D eigenvalue weighted by Crippen LogP contribution is 2.39. The fourth-order valence-electron chi connectivity index (χ4n) is 3.13. The van der Waals surface area contributed by atoms with E-state index in [-0.39, 0.29) is 17.9 Å². The number of amides is 2. The third-order valence-electron chi connectivity index (χ3n) is 5.06. The Kier molecular flexibility index (Phi) is 3.50. The highest BCUT2D eigenvalue weighted by atomic mass is 16.2. The number of likely N-dealkylation sites (tertiary alicyclic amines) is 1. The van der Waals surface area contributed by atoms with E-state index in [0.717, 1.165) is 45.2 Å². The zero-order valence-electron chi connectivity index (χ0n) is 11.7. The standard InChI is InChI=1S/C15H24N2O2/c1-10-9-13(10)15(19)17-7-5-12(6-8-17)16-14(18)11-3-2-4-11/h10-13H,2-9H2,1H3,(H,16,18)/t10-,13-/m1/s1. The highest BCUT2D eigenvalue weighted by molar-refractivity contribution is 5.82. The van der Waals surface area contributed by atoms with E-state index in [9.17, 15) is 9.59 Å². The van der Waals surface area contributed by atoms with Crippen molar-refractivity contribution in [3.8, 4) is 0 Å². The van der Waals surface area contributed by atoms with Crippen LogP contribution in [0, 0.1) is 17.8 Å². The van der Waals surface area contributed by atoms with Gasteiger partial charge in [-0.25, -0.2) is 0 Å². The molecular weight excluding hydrogens is 240 g/mol. The molecule has 2 saturated carbocycles. The monoisotopic (exact) mass is 264 g/mol. The summed E-state index contributed by atoms with van der Waals surface area (Å²) in [5.74, 6) is 1.74. The maximum atomic E-state index is 12.1. The Labute approximate surface area is 114 Å². The van der Waals surface area contributed by atoms with E-state index in [4.69, 9.17) is 0 Å². The fraction of sp³-hybridized carbons (Fsp3) is 0.867. The SMILES string of the molecule is C[C@@H]1C[C@H]1C(=O)N1CCC(NC(=O)C2CCC2)CC1. The molecule has 19 heavy (non-hydrogen) atoms. The van der Waals surface area contributed by atoms with Crippen molar-refractivity contribution in [3.05, 3.63) is 0 Å². The summed E-state index contributed by atoms with van der Waals surface area (Å²) in [6, 6.07) is 0.286. The lowest BCUT2D eigenvalue weighted by molar-refractivity contribution is -0.134. The predicted octanol–water partition coefficient (Wildman–Crippen LogP) is 1.55. The van der Waals surface area contributed by atoms with Gasteiger partial charge in [-0.15, -0.1) is 0 Å². The maximum absolute atomic E-state index is 12.1. The number of piperidine rings is 1. The molecule has 106 valence electrons. The van der Waals surface area contributed by atoms with Gasteiger partial charge >= 0.3 is 0 Å². The van der Waals surface area contributed by atoms with Crippen molar-refractivity contribution in [2.24, 2.45) is 17.8 Å². The zero-order chi connectivity index (χ0) is 13.4. The van der Waals surface area contributed by atoms with Gasteiger partial charge < -0.3 is 10.2 Å². The van der Waals surface area contributed by atoms with Crippen molar-refractivity contribution in [2.45, 2.75) is 51.5 Å². The summed E-state index contributed by atoms with van der Waals surface area (Å²) in [6.45, 7) is 3.78. The Morgan fingerprint density at radius 3 is 2.21 bits per heavy atom. The van der Waals surface area contributed by atoms with Crippen molar-refractivity contribution in [1.29, 1.82) is 0 Å². The van der Waals surface area contributed by atoms with Gasteiger partial charge in [-0.05, 0) is 38.0 Å². The molecule has 2 aliphatic carbocycles. The maximum Gasteiger partial charge on any atom is 0.225 e. The summed E-state index contributed by atoms with van der Waals surface area (Å²) in [6.07, 6.45) is 6.23. The van der Waals surface area contributed by atoms with Crippen LogP contribution in [0.3, 0.4) is 0 Å². The van der Waals surface area contributed by atoms with E-state index < -0.39 is 0 Å². The van der Waals surface area contributed by atoms with Crippen LogP contribution in [-0.2, 0) is 9.59 Å². The van der Waals surface area contributed by atoms with Crippen LogP contribution < -0.4 is 5.32 Å². The number of carbonyl (C=O) groups excluding carboxylic acids is 2. The first kappa shape index (κ1) is 12.9. The number of nitrogens with zero attached hydrogens (tertiary/aromatic N) is 1. The van der Waals surface area contributed by atoms with E-state index >= 15 is 0 Å². The molecule has 4 heteroatoms. The van der Waals surface area contributed by atoms with Crippen molar-refractivity contribution in [1.82, 2.24) is 10.2 Å². The van der Waals surface area contributed by atoms with Gasteiger partial charge in [-0.2, -0.15) is 0 Å². The van der Waals surface area contributed by atoms with Crippen LogP contribution in [0.1, 0.15) is 45.4 Å². The normalized spacial score (nSPS) is 31.7. The van der Waals surface area contributed by atoms with Crippen molar-refractivity contribution in [2.75, 3.05) is 13.1 Å². The minimum atomic E-state index is 0.242. The average Bonchev–Trinajstić information content (AvgIpc) is 3.04. The molecule has 0 aromatic carbocycles. The lowest BCUT2D eigenvalue weighted by atomic mass is 9.84. The van der Waals surface area contributed by atoms with Crippen molar-refractivity contribution in [3.63, 3.8) is 0 Å². The van der Waals surface area contributed by atoms with Gasteiger partial charge in [0.05, 0.1) is 0 Å². The number of rotatable bonds is 3. The molecule has 4 nitrogen and oxygen atoms in total. The van der Waals surface area contributed by atoms with E-state index in [1.54, 1.807) is 0 Å². The van der Waals surface area contributed by atoms with Crippen molar-refractivity contribution >= 4 is 11.8 Å². The highest BCUT2D eigenvalue weighted by Gasteiger charge is 2.42. The second-order valence-electron chi connectivity index (χ2n) is 6.56. The van der Waals surface area contributed by atoms with Gasteiger partial charge in [0.15, 0.2) is 0 Å². The van der Waals surface area contributed by atoms with Gasteiger partial charge in [-0.3, -0.25) is 9.59 Å². The molecule has 2 amide bonds. The van der Waals surface area contributed by atoms with Crippen LogP contribution in [0.2, 0.25) is 0 Å². The van der Waals surface area contributed by atoms with Crippen LogP contribution in [-0.4, -0.2) is 35.8 Å². The Morgan fingerprint density at radius 1 is 1.11 bits per heavy atom. The quantitative estimate of drug-likeness (QED) is 0.841. The summed E-state index contributed by atoms with van der Waals surface area (Å²) in [5.41, 5.74) is 0. The van der Waals surface area contributed by atoms with Crippen LogP contribution in [0.25, 0.3) is 0 Å². The predicted molar refractivity (Wildman–Crippen MR) is 72.4 cm³/mol. The zero-order valence-corrected chi connectivity index (χ0v) is 11.7. The van der Waals surface area contributed by atoms with Crippen molar-refractivity contribution < 1.29 is 9.59 Å². The Balaban J connectivity index is 1.41. The molecule has 0 radical (unpaired) electrons. The Morgan fingerprint density at radius 2 is 1.74 bits per heavy atom. The van der Waals surface area contributed by atoms with E-state index in [0.29, 0.717) is 17.7 Å². The molecule has 3 aliphatic rings. The molecule has 1 aliphatic heterocycles. The number of hydrogen-bond acceptors (Lipinski definition) is 2. The van der Waals surface area contributed by atoms with Gasteiger partial charge in [0, 0.05) is 31.0 Å². The number of nitrogens with one attached hydrogen (secondary N) is 1. The lowest BCUT2D eigenvalue weighted by Crippen LogP contribution is -2.48. The number of hydrogen-bond donors (Lipinski definition) is 1. The Bertz CT molecular complexity index is 370. The summed E-state index contributed by atoms with van der Waals surface area (Å²) in [5, 5.41) is 3.16. The summed E-state index contributed by atoms with van der Waals surface area (Å²) < 4.78 is 0. The Hall–Kier alpha value is -1.06. The third-order valence-corrected chi connectivity index (χ3v) is 5.06. The van der Waals surface area contributed by atoms with Gasteiger partial charge in [0.2, 0.25) is 11.8 Å². The molecule has 3 rings (SSSR count). The minimum absolute atomic E-state index is 0.242. The lowest BCUT2D eigenvalue weighted by Gasteiger charge is -2.34. The molecule has 2 atom stereocenters. The topological polar surface area (TPSA) is 49.4 Å². The largest absolute Gasteiger partial charge is 0.353 e. The molecule has 0 unspecified atom stereocenters. The number of carbonyl (C=O) groups is 2. The summed E-state index contributed by atoms with van der Waals surface area (Å²) in [7, 11) is 0. The van der Waals surface area contributed by atoms with Crippen LogP contribution >= 0.6 is 0 Å². The molecule has 1 N–H and O–H groups in total. The minimum Gasteiger partial charge on any atom is -0.353 e. The summed E-state index contributed by atoms with van der Waals surface area (Å²) in [4.78, 5) is 26.0. The van der Waals surface area contributed by atoms with Gasteiger partial charge in [0.25, 0.3) is 0 Å². The molecular formula is C15H24N2O2. The first-order valence-corrected chi connectivity index (χ1v) is 7.74. The average molecular weight is 264 g/mol. The smallest absolute Gasteiger partial charge is 0.225 e. The summed E-state index contributed by atoms with van der Waals surface area (Å²) >= 11 is 0. The third kappa shape index (κ3) is 2.77. The first-order chi connectivity index (χ1) is 9.15. The van der Waals surface area contributed by atoms with E-state index in [1.165, 1.54) is 6.42 Å². The van der Waals surface area contributed by atoms with E-state index in [1.807, 2.05) is 4.90 Å². The molecule has 0 aromatic rings. The molecule has 0 spiro atoms. The second kappa shape index (κ2) is 5.14. The van der Waals surface area contributed by atoms with Crippen LogP contribution in [0.15, 0.2) is 0 Å². The van der Waals surface area contributed by atoms with Gasteiger partial charge in [-0.1, -0.05) is 13.3 Å². The molecule has 1 saturated heterocycles.